The Labute approximate surface area is 149 Å². The lowest BCUT2D eigenvalue weighted by Gasteiger charge is -2.35. The van der Waals surface area contributed by atoms with Crippen molar-refractivity contribution in [2.75, 3.05) is 39.8 Å². The van der Waals surface area contributed by atoms with E-state index in [2.05, 4.69) is 34.0 Å². The number of halogens is 1. The molecule has 0 bridgehead atoms. The topological polar surface area (TPSA) is 22.1 Å². The highest BCUT2D eigenvalue weighted by Gasteiger charge is 2.30. The molecule has 0 unspecified atom stereocenters. The molecule has 0 atom stereocenters. The molecule has 0 amide bonds. The van der Waals surface area contributed by atoms with Crippen LogP contribution in [0.3, 0.4) is 0 Å². The number of hydrogen-bond donors (Lipinski definition) is 0. The summed E-state index contributed by atoms with van der Waals surface area (Å²) in [5.41, 5.74) is 5.58. The van der Waals surface area contributed by atoms with E-state index in [4.69, 9.17) is 16.7 Å². The Morgan fingerprint density at radius 2 is 1.79 bits per heavy atom. The van der Waals surface area contributed by atoms with Gasteiger partial charge in [-0.3, -0.25) is 9.91 Å². The summed E-state index contributed by atoms with van der Waals surface area (Å²) in [7, 11) is 2.08. The molecule has 1 aromatic rings. The third-order valence-electron chi connectivity index (χ3n) is 5.23. The van der Waals surface area contributed by atoms with Crippen LogP contribution >= 0.6 is 11.6 Å². The monoisotopic (exact) mass is 344 g/mol. The number of likely N-dealkylation sites (N-methyl/N-ethyl adjacent to an activating group) is 1. The van der Waals surface area contributed by atoms with E-state index < -0.39 is 0 Å². The van der Waals surface area contributed by atoms with Crippen molar-refractivity contribution in [1.29, 1.82) is 0 Å². The van der Waals surface area contributed by atoms with Crippen molar-refractivity contribution in [3.8, 4) is 0 Å². The Kier molecular flexibility index (Phi) is 4.51. The van der Waals surface area contributed by atoms with Crippen LogP contribution in [0.15, 0.2) is 40.6 Å². The minimum Gasteiger partial charge on any atom is -0.369 e. The van der Waals surface area contributed by atoms with E-state index in [1.807, 2.05) is 12.1 Å². The van der Waals surface area contributed by atoms with Gasteiger partial charge in [0.2, 0.25) is 0 Å². The van der Waals surface area contributed by atoms with Gasteiger partial charge < -0.3 is 4.90 Å². The Morgan fingerprint density at radius 3 is 2.54 bits per heavy atom. The first-order valence-electron chi connectivity index (χ1n) is 8.92. The Hall–Kier alpha value is -1.52. The molecule has 3 heterocycles. The first kappa shape index (κ1) is 16.0. The molecular weight excluding hydrogens is 320 g/mol. The van der Waals surface area contributed by atoms with Gasteiger partial charge in [0, 0.05) is 49.4 Å². The second-order valence-electron chi connectivity index (χ2n) is 7.07. The van der Waals surface area contributed by atoms with E-state index in [1.165, 1.54) is 48.5 Å². The number of rotatable bonds is 4. The number of fused-ring (bicyclic) bond motifs is 1. The molecule has 1 saturated heterocycles. The average Bonchev–Trinajstić information content (AvgIpc) is 3.20. The number of benzene rings is 1. The van der Waals surface area contributed by atoms with Gasteiger partial charge in [0.05, 0.1) is 12.3 Å². The van der Waals surface area contributed by atoms with Crippen molar-refractivity contribution in [3.63, 3.8) is 0 Å². The van der Waals surface area contributed by atoms with Crippen molar-refractivity contribution in [1.82, 2.24) is 14.8 Å². The highest BCUT2D eigenvalue weighted by molar-refractivity contribution is 6.30. The van der Waals surface area contributed by atoms with Crippen LogP contribution in [0.25, 0.3) is 0 Å². The van der Waals surface area contributed by atoms with Crippen LogP contribution in [-0.2, 0) is 6.54 Å². The van der Waals surface area contributed by atoms with Gasteiger partial charge in [-0.05, 0) is 43.6 Å². The summed E-state index contributed by atoms with van der Waals surface area (Å²) < 4.78 is 0. The molecule has 0 aliphatic carbocycles. The van der Waals surface area contributed by atoms with E-state index in [1.54, 1.807) is 0 Å². The summed E-state index contributed by atoms with van der Waals surface area (Å²) in [6, 6.07) is 8.27. The molecule has 1 fully saturated rings. The number of hydrogen-bond acceptors (Lipinski definition) is 4. The fourth-order valence-electron chi connectivity index (χ4n) is 3.98. The molecule has 24 heavy (non-hydrogen) atoms. The summed E-state index contributed by atoms with van der Waals surface area (Å²) in [4.78, 5) is 5.16. The van der Waals surface area contributed by atoms with Gasteiger partial charge in [0.1, 0.15) is 0 Å². The zero-order chi connectivity index (χ0) is 16.5. The lowest BCUT2D eigenvalue weighted by molar-refractivity contribution is 0.272. The van der Waals surface area contributed by atoms with Crippen LogP contribution in [0.1, 0.15) is 24.8 Å². The SMILES string of the molecule is CN1CC2=C(CN3CCCC3)N(Cc3ccc(Cl)cc3)CCC2=N1. The van der Waals surface area contributed by atoms with Gasteiger partial charge in [-0.15, -0.1) is 0 Å². The van der Waals surface area contributed by atoms with E-state index >= 15 is 0 Å². The third-order valence-corrected chi connectivity index (χ3v) is 5.49. The molecule has 0 saturated carbocycles. The molecule has 0 N–H and O–H groups in total. The zero-order valence-corrected chi connectivity index (χ0v) is 15.1. The van der Waals surface area contributed by atoms with Crippen LogP contribution in [0, 0.1) is 0 Å². The van der Waals surface area contributed by atoms with E-state index in [9.17, 15) is 0 Å². The quantitative estimate of drug-likeness (QED) is 0.837. The summed E-state index contributed by atoms with van der Waals surface area (Å²) in [6.45, 7) is 6.50. The number of likely N-dealkylation sites (tertiary alicyclic amines) is 1. The summed E-state index contributed by atoms with van der Waals surface area (Å²) in [6.07, 6.45) is 3.72. The van der Waals surface area contributed by atoms with Gasteiger partial charge >= 0.3 is 0 Å². The van der Waals surface area contributed by atoms with Crippen LogP contribution < -0.4 is 0 Å². The smallest absolute Gasteiger partial charge is 0.0691 e. The van der Waals surface area contributed by atoms with Gasteiger partial charge in [0.25, 0.3) is 0 Å². The molecule has 128 valence electrons. The Bertz CT molecular complexity index is 658. The molecule has 0 radical (unpaired) electrons. The zero-order valence-electron chi connectivity index (χ0n) is 14.3. The largest absolute Gasteiger partial charge is 0.369 e. The van der Waals surface area contributed by atoms with Gasteiger partial charge in [-0.1, -0.05) is 23.7 Å². The lowest BCUT2D eigenvalue weighted by Crippen LogP contribution is -2.38. The first-order chi connectivity index (χ1) is 11.7. The predicted octanol–water partition coefficient (Wildman–Crippen LogP) is 3.20. The van der Waals surface area contributed by atoms with Crippen molar-refractivity contribution in [2.24, 2.45) is 5.10 Å². The number of nitrogens with zero attached hydrogens (tertiary/aromatic N) is 4. The fraction of sp³-hybridized carbons (Fsp3) is 0.526. The minimum absolute atomic E-state index is 0.805. The summed E-state index contributed by atoms with van der Waals surface area (Å²) >= 11 is 6.03. The van der Waals surface area contributed by atoms with E-state index in [-0.39, 0.29) is 0 Å². The van der Waals surface area contributed by atoms with Crippen molar-refractivity contribution >= 4 is 17.3 Å². The van der Waals surface area contributed by atoms with Crippen molar-refractivity contribution < 1.29 is 0 Å². The van der Waals surface area contributed by atoms with Gasteiger partial charge in [-0.25, -0.2) is 0 Å². The predicted molar refractivity (Wildman–Crippen MR) is 99.2 cm³/mol. The summed E-state index contributed by atoms with van der Waals surface area (Å²) in [5.74, 6) is 0. The second kappa shape index (κ2) is 6.77. The maximum absolute atomic E-state index is 6.03. The molecule has 5 heteroatoms. The highest BCUT2D eigenvalue weighted by atomic mass is 35.5. The number of hydrazone groups is 1. The Balaban J connectivity index is 1.59. The van der Waals surface area contributed by atoms with E-state index in [0.717, 1.165) is 37.6 Å². The van der Waals surface area contributed by atoms with Crippen LogP contribution in [0.2, 0.25) is 5.02 Å². The van der Waals surface area contributed by atoms with Gasteiger partial charge in [0.15, 0.2) is 0 Å². The van der Waals surface area contributed by atoms with Crippen LogP contribution in [0.4, 0.5) is 0 Å². The van der Waals surface area contributed by atoms with E-state index in [0.29, 0.717) is 0 Å². The maximum Gasteiger partial charge on any atom is 0.0691 e. The fourth-order valence-corrected chi connectivity index (χ4v) is 4.11. The molecule has 1 aromatic carbocycles. The standard InChI is InChI=1S/C19H25ClN4/c1-22-13-17-18(21-22)8-11-24(12-15-4-6-16(20)7-5-15)19(17)14-23-9-2-3-10-23/h4-7H,2-3,8-14H2,1H3. The Morgan fingerprint density at radius 1 is 1.04 bits per heavy atom. The molecule has 4 nitrogen and oxygen atoms in total. The van der Waals surface area contributed by atoms with Crippen LogP contribution in [-0.4, -0.2) is 60.3 Å². The van der Waals surface area contributed by atoms with Crippen LogP contribution in [0.5, 0.6) is 0 Å². The van der Waals surface area contributed by atoms with Crippen molar-refractivity contribution in [3.05, 3.63) is 46.1 Å². The highest BCUT2D eigenvalue weighted by Crippen LogP contribution is 2.28. The normalized spacial score (nSPS) is 21.5. The molecule has 3 aliphatic heterocycles. The minimum atomic E-state index is 0.805. The molecule has 3 aliphatic rings. The third kappa shape index (κ3) is 3.31. The maximum atomic E-state index is 6.03. The van der Waals surface area contributed by atoms with Crippen molar-refractivity contribution in [2.45, 2.75) is 25.8 Å². The molecular formula is C19H25ClN4. The average molecular weight is 345 g/mol. The molecule has 4 rings (SSSR count). The lowest BCUT2D eigenvalue weighted by atomic mass is 9.99. The molecule has 0 spiro atoms. The molecule has 0 aromatic heterocycles. The first-order valence-corrected chi connectivity index (χ1v) is 9.29. The summed E-state index contributed by atoms with van der Waals surface area (Å²) in [5, 5.41) is 7.61. The second-order valence-corrected chi connectivity index (χ2v) is 7.51. The van der Waals surface area contributed by atoms with Gasteiger partial charge in [-0.2, -0.15) is 5.10 Å².